The molecule has 162 valence electrons. The van der Waals surface area contributed by atoms with Crippen LogP contribution >= 0.6 is 0 Å². The van der Waals surface area contributed by atoms with Crippen LogP contribution in [0.4, 0.5) is 4.39 Å². The largest absolute Gasteiger partial charge is 0.460 e. The summed E-state index contributed by atoms with van der Waals surface area (Å²) in [6, 6.07) is 6.32. The van der Waals surface area contributed by atoms with Gasteiger partial charge in [0.1, 0.15) is 18.2 Å². The summed E-state index contributed by atoms with van der Waals surface area (Å²) in [4.78, 5) is 30.8. The average molecular weight is 416 g/mol. The predicted octanol–water partition coefficient (Wildman–Crippen LogP) is 4.61. The molecule has 0 unspecified atom stereocenters. The number of allylic oxidation sites excluding steroid dienone is 1. The monoisotopic (exact) mass is 415 g/mol. The molecule has 1 aromatic carbocycles. The van der Waals surface area contributed by atoms with Crippen LogP contribution in [-0.4, -0.2) is 37.3 Å². The summed E-state index contributed by atoms with van der Waals surface area (Å²) in [5, 5.41) is 0. The van der Waals surface area contributed by atoms with Gasteiger partial charge in [-0.25, -0.2) is 9.18 Å². The molecule has 0 spiro atoms. The molecule has 1 aliphatic heterocycles. The first-order valence-corrected chi connectivity index (χ1v) is 10.6. The number of benzene rings is 1. The smallest absolute Gasteiger partial charge is 0.336 e. The van der Waals surface area contributed by atoms with E-state index in [-0.39, 0.29) is 23.4 Å². The summed E-state index contributed by atoms with van der Waals surface area (Å²) in [7, 11) is 0. The van der Waals surface area contributed by atoms with E-state index in [2.05, 4.69) is 4.99 Å². The van der Waals surface area contributed by atoms with E-state index in [0.717, 1.165) is 12.1 Å². The van der Waals surface area contributed by atoms with E-state index >= 15 is 0 Å². The Labute approximate surface area is 177 Å². The van der Waals surface area contributed by atoms with Gasteiger partial charge in [0.05, 0.1) is 18.1 Å². The molecule has 0 bridgehead atoms. The van der Waals surface area contributed by atoms with Crippen LogP contribution in [0.1, 0.15) is 58.4 Å². The number of nitrogens with zero attached hydrogens (tertiary/aromatic N) is 1. The Hall–Kier alpha value is -2.34. The number of hydrogen-bond acceptors (Lipinski definition) is 5. The molecule has 1 aromatic rings. The zero-order valence-electron chi connectivity index (χ0n) is 18.2. The lowest BCUT2D eigenvalue weighted by molar-refractivity contribution is -0.141. The highest BCUT2D eigenvalue weighted by Gasteiger charge is 2.48. The van der Waals surface area contributed by atoms with Crippen LogP contribution in [-0.2, 0) is 19.1 Å². The number of hydrogen-bond donors (Lipinski definition) is 0. The third-order valence-electron chi connectivity index (χ3n) is 5.63. The second-order valence-corrected chi connectivity index (χ2v) is 8.81. The summed E-state index contributed by atoms with van der Waals surface area (Å²) in [5.41, 5.74) is 1.60. The molecule has 2 aliphatic rings. The summed E-state index contributed by atoms with van der Waals surface area (Å²) >= 11 is 0. The topological polar surface area (TPSA) is 65.0 Å². The molecule has 0 saturated heterocycles. The lowest BCUT2D eigenvalue weighted by Crippen LogP contribution is -2.44. The molecule has 2 atom stereocenters. The van der Waals surface area contributed by atoms with E-state index in [1.54, 1.807) is 25.1 Å². The quantitative estimate of drug-likeness (QED) is 0.482. The number of fused-ring (bicyclic) bond motifs is 1. The van der Waals surface area contributed by atoms with Crippen molar-refractivity contribution in [2.45, 2.75) is 52.9 Å². The Bertz CT molecular complexity index is 887. The van der Waals surface area contributed by atoms with Gasteiger partial charge in [0, 0.05) is 30.4 Å². The van der Waals surface area contributed by atoms with Crippen molar-refractivity contribution in [3.63, 3.8) is 0 Å². The highest BCUT2D eigenvalue weighted by Crippen LogP contribution is 2.47. The number of ketones is 1. The molecule has 6 heteroatoms. The van der Waals surface area contributed by atoms with E-state index in [4.69, 9.17) is 9.47 Å². The molecule has 0 N–H and O–H groups in total. The number of Topliss-reactive ketones (excluding diaryl/α,β-unsaturated/α-hetero) is 1. The van der Waals surface area contributed by atoms with Crippen molar-refractivity contribution in [1.29, 1.82) is 0 Å². The Balaban J connectivity index is 1.98. The molecule has 5 nitrogen and oxygen atoms in total. The third kappa shape index (κ3) is 4.69. The molecule has 1 saturated carbocycles. The minimum absolute atomic E-state index is 0.0117. The maximum atomic E-state index is 14.8. The third-order valence-corrected chi connectivity index (χ3v) is 5.63. The Morgan fingerprint density at radius 2 is 1.90 bits per heavy atom. The summed E-state index contributed by atoms with van der Waals surface area (Å²) in [6.07, 6.45) is 1.89. The number of aliphatic imine (C=N–C) groups is 1. The van der Waals surface area contributed by atoms with Crippen molar-refractivity contribution in [2.75, 3.05) is 19.8 Å². The number of esters is 1. The average Bonchev–Trinajstić information content (AvgIpc) is 2.66. The zero-order valence-corrected chi connectivity index (χ0v) is 18.2. The standard InChI is InChI=1S/C24H30FNO4/c1-5-10-29-11-12-30-23(28)20-15(2)26-18-13-24(3,4)14-19(27)22(18)21(20)16-8-6-7-9-17(16)25/h6-9,21-22H,5,10-14H2,1-4H3/t21-,22+/m1/s1. The maximum absolute atomic E-state index is 14.8. The van der Waals surface area contributed by atoms with Gasteiger partial charge < -0.3 is 9.47 Å². The van der Waals surface area contributed by atoms with Crippen LogP contribution in [0.15, 0.2) is 40.5 Å². The minimum Gasteiger partial charge on any atom is -0.460 e. The van der Waals surface area contributed by atoms with E-state index in [9.17, 15) is 14.0 Å². The van der Waals surface area contributed by atoms with Gasteiger partial charge in [0.15, 0.2) is 0 Å². The van der Waals surface area contributed by atoms with Crippen molar-refractivity contribution in [1.82, 2.24) is 0 Å². The summed E-state index contributed by atoms with van der Waals surface area (Å²) in [5.74, 6) is -2.39. The van der Waals surface area contributed by atoms with Crippen molar-refractivity contribution in [2.24, 2.45) is 16.3 Å². The van der Waals surface area contributed by atoms with Crippen LogP contribution in [0.5, 0.6) is 0 Å². The molecule has 1 fully saturated rings. The first-order chi connectivity index (χ1) is 14.2. The van der Waals surface area contributed by atoms with Crippen LogP contribution in [0.2, 0.25) is 0 Å². The first-order valence-electron chi connectivity index (χ1n) is 10.6. The predicted molar refractivity (Wildman–Crippen MR) is 113 cm³/mol. The van der Waals surface area contributed by atoms with E-state index in [1.165, 1.54) is 6.07 Å². The van der Waals surface area contributed by atoms with E-state index in [1.807, 2.05) is 20.8 Å². The first kappa shape index (κ1) is 22.3. The number of halogens is 1. The fraction of sp³-hybridized carbons (Fsp3) is 0.542. The Morgan fingerprint density at radius 1 is 1.17 bits per heavy atom. The molecule has 1 aliphatic carbocycles. The number of carbonyl (C=O) groups excluding carboxylic acids is 2. The normalized spacial score (nSPS) is 23.1. The highest BCUT2D eigenvalue weighted by atomic mass is 19.1. The second kappa shape index (κ2) is 9.21. The van der Waals surface area contributed by atoms with Gasteiger partial charge in [-0.15, -0.1) is 0 Å². The van der Waals surface area contributed by atoms with Crippen LogP contribution in [0.3, 0.4) is 0 Å². The molecule has 0 amide bonds. The fourth-order valence-electron chi connectivity index (χ4n) is 4.44. The summed E-state index contributed by atoms with van der Waals surface area (Å²) < 4.78 is 25.6. The van der Waals surface area contributed by atoms with Gasteiger partial charge in [0.2, 0.25) is 0 Å². The molecular weight excluding hydrogens is 385 g/mol. The van der Waals surface area contributed by atoms with Crippen LogP contribution in [0.25, 0.3) is 0 Å². The molecule has 3 rings (SSSR count). The molecule has 1 heterocycles. The van der Waals surface area contributed by atoms with Gasteiger partial charge in [-0.3, -0.25) is 9.79 Å². The number of rotatable bonds is 7. The van der Waals surface area contributed by atoms with E-state index < -0.39 is 23.6 Å². The Morgan fingerprint density at radius 3 is 2.60 bits per heavy atom. The highest BCUT2D eigenvalue weighted by molar-refractivity contribution is 6.12. The molecule has 30 heavy (non-hydrogen) atoms. The van der Waals surface area contributed by atoms with Crippen LogP contribution in [0, 0.1) is 17.2 Å². The minimum atomic E-state index is -0.730. The lowest BCUT2D eigenvalue weighted by Gasteiger charge is -2.41. The van der Waals surface area contributed by atoms with Crippen molar-refractivity contribution in [3.8, 4) is 0 Å². The molecule has 0 aromatic heterocycles. The lowest BCUT2D eigenvalue weighted by atomic mass is 9.63. The SMILES string of the molecule is CCCOCCOC(=O)C1=C(C)N=C2CC(C)(C)CC(=O)[C@H]2[C@@H]1c1ccccc1F. The fourth-order valence-corrected chi connectivity index (χ4v) is 4.44. The van der Waals surface area contributed by atoms with Gasteiger partial charge in [-0.05, 0) is 36.8 Å². The molecule has 0 radical (unpaired) electrons. The zero-order chi connectivity index (χ0) is 21.9. The van der Waals surface area contributed by atoms with Crippen LogP contribution < -0.4 is 0 Å². The maximum Gasteiger partial charge on any atom is 0.336 e. The Kier molecular flexibility index (Phi) is 6.86. The second-order valence-electron chi connectivity index (χ2n) is 8.81. The molecular formula is C24H30FNO4. The van der Waals surface area contributed by atoms with Gasteiger partial charge in [0.25, 0.3) is 0 Å². The van der Waals surface area contributed by atoms with Crippen molar-refractivity contribution in [3.05, 3.63) is 46.9 Å². The van der Waals surface area contributed by atoms with Gasteiger partial charge >= 0.3 is 5.97 Å². The summed E-state index contributed by atoms with van der Waals surface area (Å²) in [6.45, 7) is 8.77. The van der Waals surface area contributed by atoms with Crippen molar-refractivity contribution < 1.29 is 23.5 Å². The van der Waals surface area contributed by atoms with Crippen molar-refractivity contribution >= 4 is 17.5 Å². The van der Waals surface area contributed by atoms with Gasteiger partial charge in [-0.1, -0.05) is 39.0 Å². The van der Waals surface area contributed by atoms with Gasteiger partial charge in [-0.2, -0.15) is 0 Å². The number of carbonyl (C=O) groups is 2. The van der Waals surface area contributed by atoms with E-state index in [0.29, 0.717) is 37.3 Å². The number of ether oxygens (including phenoxy) is 2.